The Morgan fingerprint density at radius 1 is 1.27 bits per heavy atom. The summed E-state index contributed by atoms with van der Waals surface area (Å²) in [6.45, 7) is 0. The second-order valence-electron chi connectivity index (χ2n) is 4.87. The maximum Gasteiger partial charge on any atom is 0.0409 e. The van der Waals surface area contributed by atoms with Gasteiger partial charge in [0.1, 0.15) is 0 Å². The summed E-state index contributed by atoms with van der Waals surface area (Å²) in [6, 6.07) is 8.99. The molecule has 0 atom stereocenters. The van der Waals surface area contributed by atoms with E-state index in [9.17, 15) is 0 Å². The van der Waals surface area contributed by atoms with E-state index in [1.165, 1.54) is 29.1 Å². The Bertz CT molecular complexity index is 367. The third kappa shape index (κ3) is 1.60. The van der Waals surface area contributed by atoms with Crippen molar-refractivity contribution in [3.8, 4) is 0 Å². The number of nitrogens with two attached hydrogens (primary N) is 1. The Balaban J connectivity index is 1.88. The van der Waals surface area contributed by atoms with Crippen LogP contribution in [0.1, 0.15) is 36.3 Å². The van der Waals surface area contributed by atoms with Crippen LogP contribution < -0.4 is 5.73 Å². The first-order valence-electron chi connectivity index (χ1n) is 5.75. The minimum Gasteiger partial charge on any atom is -0.321 e. The molecule has 0 spiro atoms. The van der Waals surface area contributed by atoms with Gasteiger partial charge in [0.2, 0.25) is 0 Å². The van der Waals surface area contributed by atoms with Crippen LogP contribution in [0.25, 0.3) is 0 Å². The molecule has 2 aliphatic rings. The Morgan fingerprint density at radius 3 is 2.60 bits per heavy atom. The van der Waals surface area contributed by atoms with Crippen LogP contribution in [0.15, 0.2) is 24.3 Å². The Hall–Kier alpha value is -0.470. The topological polar surface area (TPSA) is 26.0 Å². The summed E-state index contributed by atoms with van der Waals surface area (Å²) in [4.78, 5) is 0. The summed E-state index contributed by atoms with van der Waals surface area (Å²) in [6.07, 6.45) is 3.62. The Kier molecular flexibility index (Phi) is 2.29. The van der Waals surface area contributed by atoms with E-state index in [-0.39, 0.29) is 5.54 Å². The van der Waals surface area contributed by atoms with Gasteiger partial charge in [0.15, 0.2) is 0 Å². The first-order valence-corrected chi connectivity index (χ1v) is 6.90. The summed E-state index contributed by atoms with van der Waals surface area (Å²) in [5, 5.41) is 0. The highest BCUT2D eigenvalue weighted by atomic mass is 32.2. The van der Waals surface area contributed by atoms with E-state index in [1.54, 1.807) is 0 Å². The molecule has 0 radical (unpaired) electrons. The highest BCUT2D eigenvalue weighted by molar-refractivity contribution is 8.00. The van der Waals surface area contributed by atoms with Crippen molar-refractivity contribution in [2.24, 2.45) is 5.73 Å². The van der Waals surface area contributed by atoms with Gasteiger partial charge in [-0.1, -0.05) is 24.3 Å². The van der Waals surface area contributed by atoms with E-state index in [0.29, 0.717) is 0 Å². The third-order valence-electron chi connectivity index (χ3n) is 3.82. The summed E-state index contributed by atoms with van der Waals surface area (Å²) < 4.78 is 0. The zero-order chi connectivity index (χ0) is 10.3. The van der Waals surface area contributed by atoms with Gasteiger partial charge in [-0.3, -0.25) is 0 Å². The van der Waals surface area contributed by atoms with Crippen LogP contribution >= 0.6 is 11.8 Å². The van der Waals surface area contributed by atoms with Gasteiger partial charge in [-0.15, -0.1) is 0 Å². The quantitative estimate of drug-likeness (QED) is 0.827. The van der Waals surface area contributed by atoms with Crippen LogP contribution in [0.4, 0.5) is 0 Å². The number of thioether (sulfide) groups is 1. The van der Waals surface area contributed by atoms with E-state index in [1.807, 2.05) is 11.8 Å². The highest BCUT2D eigenvalue weighted by Gasteiger charge is 2.34. The fourth-order valence-electron chi connectivity index (χ4n) is 2.38. The molecule has 1 aromatic carbocycles. The molecule has 2 fully saturated rings. The highest BCUT2D eigenvalue weighted by Crippen LogP contribution is 2.41. The van der Waals surface area contributed by atoms with Gasteiger partial charge in [0.25, 0.3) is 0 Å². The molecule has 0 amide bonds. The first-order chi connectivity index (χ1) is 7.28. The molecule has 0 aromatic heterocycles. The summed E-state index contributed by atoms with van der Waals surface area (Å²) in [7, 11) is 0. The zero-order valence-electron chi connectivity index (χ0n) is 8.91. The van der Waals surface area contributed by atoms with Gasteiger partial charge in [0, 0.05) is 23.0 Å². The van der Waals surface area contributed by atoms with Crippen molar-refractivity contribution in [1.29, 1.82) is 0 Å². The van der Waals surface area contributed by atoms with Gasteiger partial charge < -0.3 is 5.73 Å². The molecule has 1 heterocycles. The van der Waals surface area contributed by atoms with Crippen LogP contribution in [0.3, 0.4) is 0 Å². The molecule has 15 heavy (non-hydrogen) atoms. The van der Waals surface area contributed by atoms with E-state index >= 15 is 0 Å². The van der Waals surface area contributed by atoms with Crippen LogP contribution in [-0.4, -0.2) is 11.5 Å². The molecule has 0 bridgehead atoms. The first kappa shape index (κ1) is 9.73. The fourth-order valence-corrected chi connectivity index (χ4v) is 3.23. The number of rotatable bonds is 2. The molecular formula is C13H17NS. The van der Waals surface area contributed by atoms with Crippen LogP contribution in [0, 0.1) is 0 Å². The van der Waals surface area contributed by atoms with Gasteiger partial charge in [-0.2, -0.15) is 11.8 Å². The number of benzene rings is 1. The lowest BCUT2D eigenvalue weighted by Crippen LogP contribution is -2.43. The van der Waals surface area contributed by atoms with Crippen molar-refractivity contribution in [1.82, 2.24) is 0 Å². The minimum absolute atomic E-state index is 0.00685. The van der Waals surface area contributed by atoms with Crippen molar-refractivity contribution in [2.75, 3.05) is 11.5 Å². The van der Waals surface area contributed by atoms with Gasteiger partial charge in [0.05, 0.1) is 0 Å². The van der Waals surface area contributed by atoms with E-state index in [2.05, 4.69) is 24.3 Å². The Morgan fingerprint density at radius 2 is 2.07 bits per heavy atom. The van der Waals surface area contributed by atoms with E-state index in [0.717, 1.165) is 18.8 Å². The molecule has 1 aromatic rings. The second-order valence-corrected chi connectivity index (χ2v) is 5.94. The normalized spacial score (nSPS) is 24.3. The van der Waals surface area contributed by atoms with Gasteiger partial charge >= 0.3 is 0 Å². The molecule has 3 rings (SSSR count). The Labute approximate surface area is 95.4 Å². The van der Waals surface area contributed by atoms with Crippen molar-refractivity contribution < 1.29 is 0 Å². The average molecular weight is 219 g/mol. The summed E-state index contributed by atoms with van der Waals surface area (Å²) in [5.41, 5.74) is 9.22. The molecule has 1 nitrogen and oxygen atoms in total. The van der Waals surface area contributed by atoms with Crippen molar-refractivity contribution in [3.05, 3.63) is 35.4 Å². The SMILES string of the molecule is NC1(c2cccc(C3CSC3)c2)CCC1. The molecular weight excluding hydrogens is 202 g/mol. The second kappa shape index (κ2) is 3.53. The maximum absolute atomic E-state index is 6.35. The third-order valence-corrected chi connectivity index (χ3v) is 5.09. The summed E-state index contributed by atoms with van der Waals surface area (Å²) in [5.74, 6) is 3.38. The monoisotopic (exact) mass is 219 g/mol. The standard InChI is InChI=1S/C13H17NS/c14-13(5-2-6-13)12-4-1-3-10(7-12)11-8-15-9-11/h1,3-4,7,11H,2,5-6,8-9,14H2. The number of hydrogen-bond donors (Lipinski definition) is 1. The minimum atomic E-state index is 0.00685. The van der Waals surface area contributed by atoms with Crippen LogP contribution in [-0.2, 0) is 5.54 Å². The predicted molar refractivity (Wildman–Crippen MR) is 66.2 cm³/mol. The predicted octanol–water partition coefficient (Wildman–Crippen LogP) is 2.85. The van der Waals surface area contributed by atoms with Crippen molar-refractivity contribution in [3.63, 3.8) is 0 Å². The van der Waals surface area contributed by atoms with E-state index < -0.39 is 0 Å². The van der Waals surface area contributed by atoms with Gasteiger partial charge in [-0.05, 0) is 30.4 Å². The molecule has 1 aliphatic heterocycles. The molecule has 2 N–H and O–H groups in total. The molecule has 1 saturated heterocycles. The average Bonchev–Trinajstić information content (AvgIpc) is 2.12. The van der Waals surface area contributed by atoms with Crippen molar-refractivity contribution in [2.45, 2.75) is 30.7 Å². The lowest BCUT2D eigenvalue weighted by Gasteiger charge is -2.39. The summed E-state index contributed by atoms with van der Waals surface area (Å²) >= 11 is 2.04. The maximum atomic E-state index is 6.35. The molecule has 2 heteroatoms. The molecule has 80 valence electrons. The fraction of sp³-hybridized carbons (Fsp3) is 0.538. The van der Waals surface area contributed by atoms with Gasteiger partial charge in [-0.25, -0.2) is 0 Å². The molecule has 1 saturated carbocycles. The zero-order valence-corrected chi connectivity index (χ0v) is 9.72. The lowest BCUT2D eigenvalue weighted by molar-refractivity contribution is 0.253. The molecule has 1 aliphatic carbocycles. The van der Waals surface area contributed by atoms with E-state index in [4.69, 9.17) is 5.73 Å². The number of hydrogen-bond acceptors (Lipinski definition) is 2. The largest absolute Gasteiger partial charge is 0.321 e. The lowest BCUT2D eigenvalue weighted by atomic mass is 9.72. The smallest absolute Gasteiger partial charge is 0.0409 e. The molecule has 0 unspecified atom stereocenters. The van der Waals surface area contributed by atoms with Crippen LogP contribution in [0.5, 0.6) is 0 Å². The van der Waals surface area contributed by atoms with Crippen molar-refractivity contribution >= 4 is 11.8 Å². The van der Waals surface area contributed by atoms with Crippen LogP contribution in [0.2, 0.25) is 0 Å².